The van der Waals surface area contributed by atoms with Gasteiger partial charge < -0.3 is 0 Å². The van der Waals surface area contributed by atoms with Gasteiger partial charge in [0.2, 0.25) is 5.91 Å². The standard InChI is InChI=1S/C7H12N4O2/c1-11(2)10-7(13)5-3-4-6(12)9-8-5/h3-4H2,1-2H3,(H,9,12)(H,10,13). The van der Waals surface area contributed by atoms with Crippen LogP contribution in [0.15, 0.2) is 5.10 Å². The van der Waals surface area contributed by atoms with Gasteiger partial charge in [0, 0.05) is 26.9 Å². The van der Waals surface area contributed by atoms with E-state index in [2.05, 4.69) is 16.0 Å². The average molecular weight is 184 g/mol. The molecular formula is C7H12N4O2. The van der Waals surface area contributed by atoms with Crippen LogP contribution in [0.4, 0.5) is 0 Å². The maximum absolute atomic E-state index is 11.3. The van der Waals surface area contributed by atoms with Gasteiger partial charge >= 0.3 is 0 Å². The number of carbonyl (C=O) groups excluding carboxylic acids is 2. The Labute approximate surface area is 75.9 Å². The summed E-state index contributed by atoms with van der Waals surface area (Å²) in [5, 5.41) is 5.17. The predicted octanol–water partition coefficient (Wildman–Crippen LogP) is -1.15. The van der Waals surface area contributed by atoms with Crippen LogP contribution >= 0.6 is 0 Å². The first-order chi connectivity index (χ1) is 6.09. The average Bonchev–Trinajstić information content (AvgIpc) is 2.04. The van der Waals surface area contributed by atoms with Crippen LogP contribution in [0.2, 0.25) is 0 Å². The van der Waals surface area contributed by atoms with Crippen LogP contribution in [-0.4, -0.2) is 36.6 Å². The fourth-order valence-corrected chi connectivity index (χ4v) is 0.905. The molecular weight excluding hydrogens is 172 g/mol. The van der Waals surface area contributed by atoms with Crippen molar-refractivity contribution in [1.29, 1.82) is 0 Å². The highest BCUT2D eigenvalue weighted by molar-refractivity contribution is 6.39. The number of rotatable bonds is 2. The third kappa shape index (κ3) is 2.83. The van der Waals surface area contributed by atoms with E-state index in [0.29, 0.717) is 18.6 Å². The zero-order valence-electron chi connectivity index (χ0n) is 7.63. The van der Waals surface area contributed by atoms with Gasteiger partial charge in [0.25, 0.3) is 5.91 Å². The largest absolute Gasteiger partial charge is 0.284 e. The topological polar surface area (TPSA) is 73.8 Å². The summed E-state index contributed by atoms with van der Waals surface area (Å²) in [6.45, 7) is 0. The summed E-state index contributed by atoms with van der Waals surface area (Å²) in [5.74, 6) is -0.425. The van der Waals surface area contributed by atoms with Gasteiger partial charge in [-0.3, -0.25) is 15.0 Å². The minimum Gasteiger partial charge on any atom is -0.284 e. The molecule has 13 heavy (non-hydrogen) atoms. The van der Waals surface area contributed by atoms with Crippen molar-refractivity contribution in [3.8, 4) is 0 Å². The van der Waals surface area contributed by atoms with Crippen molar-refractivity contribution in [2.75, 3.05) is 14.1 Å². The van der Waals surface area contributed by atoms with Gasteiger partial charge in [-0.05, 0) is 0 Å². The maximum Gasteiger partial charge on any atom is 0.281 e. The minimum absolute atomic E-state index is 0.151. The summed E-state index contributed by atoms with van der Waals surface area (Å²) in [4.78, 5) is 22.0. The van der Waals surface area contributed by atoms with Crippen molar-refractivity contribution in [3.63, 3.8) is 0 Å². The second-order valence-electron chi connectivity index (χ2n) is 2.93. The van der Waals surface area contributed by atoms with Crippen molar-refractivity contribution in [1.82, 2.24) is 15.9 Å². The van der Waals surface area contributed by atoms with Gasteiger partial charge in [0.05, 0.1) is 0 Å². The van der Waals surface area contributed by atoms with E-state index in [0.717, 1.165) is 0 Å². The second-order valence-corrected chi connectivity index (χ2v) is 2.93. The van der Waals surface area contributed by atoms with E-state index < -0.39 is 0 Å². The molecule has 0 aromatic carbocycles. The summed E-state index contributed by atoms with van der Waals surface area (Å²) in [7, 11) is 3.42. The normalized spacial score (nSPS) is 16.5. The highest BCUT2D eigenvalue weighted by Crippen LogP contribution is 1.99. The molecule has 0 saturated carbocycles. The van der Waals surface area contributed by atoms with Gasteiger partial charge in [-0.1, -0.05) is 0 Å². The van der Waals surface area contributed by atoms with Crippen molar-refractivity contribution in [2.24, 2.45) is 5.10 Å². The minimum atomic E-state index is -0.273. The molecule has 0 aromatic rings. The molecule has 1 aliphatic rings. The molecule has 0 atom stereocenters. The first-order valence-electron chi connectivity index (χ1n) is 3.93. The summed E-state index contributed by atoms with van der Waals surface area (Å²) in [5.41, 5.74) is 5.15. The quantitative estimate of drug-likeness (QED) is 0.532. The van der Waals surface area contributed by atoms with E-state index in [9.17, 15) is 9.59 Å². The number of nitrogens with zero attached hydrogens (tertiary/aromatic N) is 2. The number of hydrazone groups is 1. The first-order valence-corrected chi connectivity index (χ1v) is 3.93. The van der Waals surface area contributed by atoms with E-state index >= 15 is 0 Å². The Balaban J connectivity index is 2.53. The van der Waals surface area contributed by atoms with E-state index in [1.54, 1.807) is 14.1 Å². The highest BCUT2D eigenvalue weighted by Gasteiger charge is 2.18. The molecule has 0 radical (unpaired) electrons. The van der Waals surface area contributed by atoms with Gasteiger partial charge in [-0.2, -0.15) is 5.10 Å². The summed E-state index contributed by atoms with van der Waals surface area (Å²) >= 11 is 0. The fourth-order valence-electron chi connectivity index (χ4n) is 0.905. The van der Waals surface area contributed by atoms with Crippen LogP contribution in [0.1, 0.15) is 12.8 Å². The van der Waals surface area contributed by atoms with Crippen LogP contribution in [0.25, 0.3) is 0 Å². The first kappa shape index (κ1) is 9.66. The number of carbonyl (C=O) groups is 2. The third-order valence-corrected chi connectivity index (χ3v) is 1.49. The molecule has 0 bridgehead atoms. The number of nitrogens with one attached hydrogen (secondary N) is 2. The monoisotopic (exact) mass is 184 g/mol. The van der Waals surface area contributed by atoms with Gasteiger partial charge in [0.15, 0.2) is 0 Å². The Hall–Kier alpha value is -1.43. The Morgan fingerprint density at radius 1 is 1.54 bits per heavy atom. The van der Waals surface area contributed by atoms with Crippen LogP contribution in [0.5, 0.6) is 0 Å². The highest BCUT2D eigenvalue weighted by atomic mass is 16.2. The van der Waals surface area contributed by atoms with E-state index in [1.807, 2.05) is 0 Å². The van der Waals surface area contributed by atoms with Gasteiger partial charge in [-0.25, -0.2) is 10.4 Å². The molecule has 1 heterocycles. The van der Waals surface area contributed by atoms with Crippen LogP contribution in [-0.2, 0) is 9.59 Å². The van der Waals surface area contributed by atoms with Crippen LogP contribution in [0.3, 0.4) is 0 Å². The molecule has 1 aliphatic heterocycles. The SMILES string of the molecule is CN(C)NC(=O)C1=NNC(=O)CC1. The smallest absolute Gasteiger partial charge is 0.281 e. The lowest BCUT2D eigenvalue weighted by atomic mass is 10.2. The van der Waals surface area contributed by atoms with Crippen molar-refractivity contribution >= 4 is 17.5 Å². The van der Waals surface area contributed by atoms with Gasteiger partial charge in [-0.15, -0.1) is 0 Å². The van der Waals surface area contributed by atoms with Crippen molar-refractivity contribution < 1.29 is 9.59 Å². The Kier molecular flexibility index (Phi) is 2.97. The van der Waals surface area contributed by atoms with Crippen molar-refractivity contribution in [2.45, 2.75) is 12.8 Å². The molecule has 6 nitrogen and oxygen atoms in total. The van der Waals surface area contributed by atoms with E-state index in [-0.39, 0.29) is 11.8 Å². The van der Waals surface area contributed by atoms with Crippen LogP contribution < -0.4 is 10.9 Å². The number of hydrazine groups is 1. The summed E-state index contributed by atoms with van der Waals surface area (Å²) < 4.78 is 0. The number of hydrogen-bond donors (Lipinski definition) is 2. The molecule has 72 valence electrons. The van der Waals surface area contributed by atoms with E-state index in [1.165, 1.54) is 5.01 Å². The molecule has 1 rings (SSSR count). The number of hydrogen-bond acceptors (Lipinski definition) is 4. The molecule has 0 spiro atoms. The van der Waals surface area contributed by atoms with Crippen LogP contribution in [0, 0.1) is 0 Å². The summed E-state index contributed by atoms with van der Waals surface area (Å²) in [6.07, 6.45) is 0.713. The molecule has 0 aromatic heterocycles. The third-order valence-electron chi connectivity index (χ3n) is 1.49. The summed E-state index contributed by atoms with van der Waals surface area (Å²) in [6, 6.07) is 0. The van der Waals surface area contributed by atoms with E-state index in [4.69, 9.17) is 0 Å². The zero-order valence-corrected chi connectivity index (χ0v) is 7.63. The van der Waals surface area contributed by atoms with Gasteiger partial charge in [0.1, 0.15) is 5.71 Å². The number of amides is 2. The Morgan fingerprint density at radius 2 is 2.23 bits per heavy atom. The lowest BCUT2D eigenvalue weighted by molar-refractivity contribution is -0.121. The predicted molar refractivity (Wildman–Crippen MR) is 46.6 cm³/mol. The molecule has 0 aliphatic carbocycles. The fraction of sp³-hybridized carbons (Fsp3) is 0.571. The molecule has 0 saturated heterocycles. The molecule has 2 N–H and O–H groups in total. The Bertz CT molecular complexity index is 259. The van der Waals surface area contributed by atoms with Crippen molar-refractivity contribution in [3.05, 3.63) is 0 Å². The Morgan fingerprint density at radius 3 is 2.69 bits per heavy atom. The molecule has 6 heteroatoms. The molecule has 0 fully saturated rings. The zero-order chi connectivity index (χ0) is 9.84. The maximum atomic E-state index is 11.3. The lowest BCUT2D eigenvalue weighted by Gasteiger charge is -2.15. The second kappa shape index (κ2) is 3.99. The molecule has 2 amide bonds. The molecule has 0 unspecified atom stereocenters. The lowest BCUT2D eigenvalue weighted by Crippen LogP contribution is -2.43.